The summed E-state index contributed by atoms with van der Waals surface area (Å²) in [4.78, 5) is 11.0. The van der Waals surface area contributed by atoms with E-state index >= 15 is 0 Å². The van der Waals surface area contributed by atoms with Crippen LogP contribution in [-0.2, 0) is 10.4 Å². The smallest absolute Gasteiger partial charge is 0.217 e. The van der Waals surface area contributed by atoms with Gasteiger partial charge in [-0.05, 0) is 43.4 Å². The highest BCUT2D eigenvalue weighted by Crippen LogP contribution is 2.37. The molecule has 0 heterocycles. The highest BCUT2D eigenvalue weighted by Gasteiger charge is 2.35. The van der Waals surface area contributed by atoms with Gasteiger partial charge in [-0.1, -0.05) is 12.1 Å². The van der Waals surface area contributed by atoms with E-state index in [1.807, 2.05) is 0 Å². The van der Waals surface area contributed by atoms with E-state index in [1.54, 1.807) is 12.1 Å². The first-order valence-corrected chi connectivity index (χ1v) is 6.25. The van der Waals surface area contributed by atoms with Gasteiger partial charge in [0.25, 0.3) is 0 Å². The molecule has 1 aromatic carbocycles. The summed E-state index contributed by atoms with van der Waals surface area (Å²) in [6, 6.07) is 6.25. The Bertz CT molecular complexity index is 439. The molecule has 1 aliphatic rings. The Morgan fingerprint density at radius 2 is 2.11 bits per heavy atom. The first-order chi connectivity index (χ1) is 8.49. The van der Waals surface area contributed by atoms with Crippen LogP contribution in [0.4, 0.5) is 4.39 Å². The van der Waals surface area contributed by atoms with Gasteiger partial charge in [0.2, 0.25) is 5.91 Å². The molecule has 98 valence electrons. The van der Waals surface area contributed by atoms with Crippen LogP contribution in [0.2, 0.25) is 0 Å². The molecule has 0 saturated heterocycles. The van der Waals surface area contributed by atoms with Gasteiger partial charge in [-0.25, -0.2) is 4.39 Å². The Morgan fingerprint density at radius 1 is 1.44 bits per heavy atom. The second-order valence-electron chi connectivity index (χ2n) is 5.02. The maximum Gasteiger partial charge on any atom is 0.217 e. The first kappa shape index (κ1) is 13.0. The molecule has 18 heavy (non-hydrogen) atoms. The van der Waals surface area contributed by atoms with Gasteiger partial charge in [0.05, 0.1) is 5.60 Å². The van der Waals surface area contributed by atoms with Crippen LogP contribution < -0.4 is 5.32 Å². The van der Waals surface area contributed by atoms with E-state index in [2.05, 4.69) is 5.32 Å². The molecular formula is C14H18FNO2. The third-order valence-corrected chi connectivity index (χ3v) is 3.58. The number of benzene rings is 1. The van der Waals surface area contributed by atoms with Crippen LogP contribution in [-0.4, -0.2) is 17.1 Å². The van der Waals surface area contributed by atoms with Crippen molar-refractivity contribution in [2.24, 2.45) is 0 Å². The summed E-state index contributed by atoms with van der Waals surface area (Å²) < 4.78 is 13.2. The minimum atomic E-state index is -0.961. The summed E-state index contributed by atoms with van der Waals surface area (Å²) in [6.07, 6.45) is 2.52. The molecule has 0 unspecified atom stereocenters. The molecule has 0 bridgehead atoms. The van der Waals surface area contributed by atoms with Crippen molar-refractivity contribution in [3.63, 3.8) is 0 Å². The Balaban J connectivity index is 2.05. The number of aliphatic hydroxyl groups is 1. The van der Waals surface area contributed by atoms with E-state index in [4.69, 9.17) is 0 Å². The predicted molar refractivity (Wildman–Crippen MR) is 66.4 cm³/mol. The van der Waals surface area contributed by atoms with E-state index < -0.39 is 5.60 Å². The van der Waals surface area contributed by atoms with Gasteiger partial charge in [-0.3, -0.25) is 4.79 Å². The zero-order chi connectivity index (χ0) is 13.2. The lowest BCUT2D eigenvalue weighted by molar-refractivity contribution is -0.120. The van der Waals surface area contributed by atoms with E-state index in [0.717, 1.165) is 0 Å². The van der Waals surface area contributed by atoms with Crippen LogP contribution in [0, 0.1) is 5.82 Å². The predicted octanol–water partition coefficient (Wildman–Crippen LogP) is 2.09. The fourth-order valence-corrected chi connectivity index (χ4v) is 2.59. The minimum Gasteiger partial charge on any atom is -0.385 e. The first-order valence-electron chi connectivity index (χ1n) is 6.25. The molecule has 0 atom stereocenters. The Labute approximate surface area is 106 Å². The topological polar surface area (TPSA) is 49.3 Å². The van der Waals surface area contributed by atoms with Gasteiger partial charge in [0.15, 0.2) is 0 Å². The largest absolute Gasteiger partial charge is 0.385 e. The molecule has 1 saturated carbocycles. The summed E-state index contributed by atoms with van der Waals surface area (Å²) in [6.45, 7) is 1.49. The SMILES string of the molecule is CC(=O)NC1CCC(O)(c2cccc(F)c2)CC1. The maximum atomic E-state index is 13.2. The van der Waals surface area contributed by atoms with Gasteiger partial charge >= 0.3 is 0 Å². The second-order valence-corrected chi connectivity index (χ2v) is 5.02. The van der Waals surface area contributed by atoms with E-state index in [1.165, 1.54) is 19.1 Å². The van der Waals surface area contributed by atoms with Gasteiger partial charge in [-0.15, -0.1) is 0 Å². The van der Waals surface area contributed by atoms with Gasteiger partial charge in [0.1, 0.15) is 5.82 Å². The van der Waals surface area contributed by atoms with Crippen LogP contribution in [0.25, 0.3) is 0 Å². The Morgan fingerprint density at radius 3 is 2.67 bits per heavy atom. The molecule has 0 radical (unpaired) electrons. The lowest BCUT2D eigenvalue weighted by Gasteiger charge is -2.36. The average Bonchev–Trinajstić information content (AvgIpc) is 2.32. The lowest BCUT2D eigenvalue weighted by atomic mass is 9.77. The monoisotopic (exact) mass is 251 g/mol. The summed E-state index contributed by atoms with van der Waals surface area (Å²) in [7, 11) is 0. The highest BCUT2D eigenvalue weighted by atomic mass is 19.1. The normalized spacial score (nSPS) is 27.8. The van der Waals surface area contributed by atoms with Gasteiger partial charge in [-0.2, -0.15) is 0 Å². The number of nitrogens with one attached hydrogen (secondary N) is 1. The van der Waals surface area contributed by atoms with Crippen LogP contribution in [0.15, 0.2) is 24.3 Å². The number of rotatable bonds is 2. The third-order valence-electron chi connectivity index (χ3n) is 3.58. The highest BCUT2D eigenvalue weighted by molar-refractivity contribution is 5.73. The fraction of sp³-hybridized carbons (Fsp3) is 0.500. The van der Waals surface area contributed by atoms with Crippen LogP contribution in [0.3, 0.4) is 0 Å². The van der Waals surface area contributed by atoms with Crippen LogP contribution >= 0.6 is 0 Å². The van der Waals surface area contributed by atoms with Crippen molar-refractivity contribution in [1.82, 2.24) is 5.32 Å². The van der Waals surface area contributed by atoms with E-state index in [-0.39, 0.29) is 17.8 Å². The molecule has 2 N–H and O–H groups in total. The molecule has 0 aliphatic heterocycles. The van der Waals surface area contributed by atoms with Gasteiger partial charge < -0.3 is 10.4 Å². The quantitative estimate of drug-likeness (QED) is 0.845. The maximum absolute atomic E-state index is 13.2. The number of amides is 1. The molecule has 0 aromatic heterocycles. The molecule has 0 spiro atoms. The number of hydrogen-bond donors (Lipinski definition) is 2. The molecule has 2 rings (SSSR count). The van der Waals surface area contributed by atoms with Crippen molar-refractivity contribution in [3.05, 3.63) is 35.6 Å². The van der Waals surface area contributed by atoms with Crippen molar-refractivity contribution in [2.45, 2.75) is 44.2 Å². The molecular weight excluding hydrogens is 233 g/mol. The molecule has 3 nitrogen and oxygen atoms in total. The number of carbonyl (C=O) groups excluding carboxylic acids is 1. The molecule has 1 amide bonds. The summed E-state index contributed by atoms with van der Waals surface area (Å²) >= 11 is 0. The average molecular weight is 251 g/mol. The molecule has 1 aliphatic carbocycles. The zero-order valence-corrected chi connectivity index (χ0v) is 10.4. The summed E-state index contributed by atoms with van der Waals surface area (Å²) in [5.74, 6) is -0.374. The second kappa shape index (κ2) is 5.06. The standard InChI is InChI=1S/C14H18FNO2/c1-10(17)16-13-5-7-14(18,8-6-13)11-3-2-4-12(15)9-11/h2-4,9,13,18H,5-8H2,1H3,(H,16,17). The van der Waals surface area contributed by atoms with Crippen LogP contribution in [0.5, 0.6) is 0 Å². The lowest BCUT2D eigenvalue weighted by Crippen LogP contribution is -2.41. The van der Waals surface area contributed by atoms with Crippen molar-refractivity contribution in [3.8, 4) is 0 Å². The molecule has 1 fully saturated rings. The third kappa shape index (κ3) is 2.88. The van der Waals surface area contributed by atoms with Crippen molar-refractivity contribution in [1.29, 1.82) is 0 Å². The number of halogens is 1. The Kier molecular flexibility index (Phi) is 3.66. The molecule has 4 heteroatoms. The molecule has 1 aromatic rings. The fourth-order valence-electron chi connectivity index (χ4n) is 2.59. The van der Waals surface area contributed by atoms with E-state index in [9.17, 15) is 14.3 Å². The van der Waals surface area contributed by atoms with Crippen molar-refractivity contribution < 1.29 is 14.3 Å². The van der Waals surface area contributed by atoms with E-state index in [0.29, 0.717) is 31.2 Å². The number of carbonyl (C=O) groups is 1. The summed E-state index contributed by atoms with van der Waals surface area (Å²) in [5, 5.41) is 13.4. The van der Waals surface area contributed by atoms with Crippen molar-refractivity contribution in [2.75, 3.05) is 0 Å². The van der Waals surface area contributed by atoms with Crippen LogP contribution in [0.1, 0.15) is 38.2 Å². The number of hydrogen-bond acceptors (Lipinski definition) is 2. The minimum absolute atomic E-state index is 0.0452. The zero-order valence-electron chi connectivity index (χ0n) is 10.4. The Hall–Kier alpha value is -1.42. The summed E-state index contributed by atoms with van der Waals surface area (Å²) in [5.41, 5.74) is -0.333. The van der Waals surface area contributed by atoms with Crippen molar-refractivity contribution >= 4 is 5.91 Å². The van der Waals surface area contributed by atoms with Gasteiger partial charge in [0, 0.05) is 13.0 Å².